The van der Waals surface area contributed by atoms with Crippen LogP contribution in [0.25, 0.3) is 10.9 Å². The number of aromatic nitrogens is 2. The van der Waals surface area contributed by atoms with Crippen molar-refractivity contribution in [2.45, 2.75) is 50.2 Å². The molecule has 5 rings (SSSR count). The maximum absolute atomic E-state index is 13.2. The van der Waals surface area contributed by atoms with Crippen LogP contribution in [0.4, 0.5) is 13.2 Å². The number of nitrogens with one attached hydrogen (secondary N) is 1. The molecule has 1 N–H and O–H groups in total. The van der Waals surface area contributed by atoms with Gasteiger partial charge in [0.15, 0.2) is 5.69 Å². The van der Waals surface area contributed by atoms with Crippen LogP contribution >= 0.6 is 0 Å². The van der Waals surface area contributed by atoms with Crippen molar-refractivity contribution in [2.24, 2.45) is 0 Å². The minimum Gasteiger partial charge on any atom is -0.378 e. The summed E-state index contributed by atoms with van der Waals surface area (Å²) in [5.41, 5.74) is 1.47. The minimum atomic E-state index is -4.34. The number of para-hydroxylation sites is 1. The first-order chi connectivity index (χ1) is 16.8. The van der Waals surface area contributed by atoms with Crippen LogP contribution < -0.4 is 5.32 Å². The molecule has 3 heterocycles. The van der Waals surface area contributed by atoms with E-state index in [1.807, 2.05) is 24.3 Å². The summed E-state index contributed by atoms with van der Waals surface area (Å²) in [6, 6.07) is 13.1. The van der Waals surface area contributed by atoms with Crippen LogP contribution in [0.1, 0.15) is 34.5 Å². The van der Waals surface area contributed by atoms with Gasteiger partial charge in [0.25, 0.3) is 5.91 Å². The highest BCUT2D eigenvalue weighted by Gasteiger charge is 2.40. The fourth-order valence-corrected chi connectivity index (χ4v) is 5.19. The molecule has 1 amide bonds. The van der Waals surface area contributed by atoms with Gasteiger partial charge in [0.1, 0.15) is 0 Å². The molecule has 2 atom stereocenters. The zero-order chi connectivity index (χ0) is 24.6. The Morgan fingerprint density at radius 3 is 2.46 bits per heavy atom. The Morgan fingerprint density at radius 2 is 1.80 bits per heavy atom. The second-order valence-electron chi connectivity index (χ2n) is 9.19. The van der Waals surface area contributed by atoms with Crippen molar-refractivity contribution in [3.63, 3.8) is 0 Å². The maximum atomic E-state index is 13.2. The molecule has 2 unspecified atom stereocenters. The largest absolute Gasteiger partial charge is 0.416 e. The monoisotopic (exact) mass is 484 g/mol. The Hall–Kier alpha value is -3.17. The molecule has 6 nitrogen and oxygen atoms in total. The third kappa shape index (κ3) is 4.83. The molecule has 35 heavy (non-hydrogen) atoms. The third-order valence-electron chi connectivity index (χ3n) is 6.83. The van der Waals surface area contributed by atoms with Gasteiger partial charge >= 0.3 is 6.18 Å². The molecule has 2 fully saturated rings. The van der Waals surface area contributed by atoms with Crippen molar-refractivity contribution in [3.05, 3.63) is 78.0 Å². The summed E-state index contributed by atoms with van der Waals surface area (Å²) in [4.78, 5) is 15.5. The Balaban J connectivity index is 1.28. The predicted octanol–water partition coefficient (Wildman–Crippen LogP) is 4.40. The van der Waals surface area contributed by atoms with Crippen LogP contribution in [0.2, 0.25) is 0 Å². The topological polar surface area (TPSA) is 59.4 Å². The Kier molecular flexibility index (Phi) is 6.37. The van der Waals surface area contributed by atoms with E-state index in [-0.39, 0.29) is 24.0 Å². The Morgan fingerprint density at radius 1 is 1.11 bits per heavy atom. The lowest BCUT2D eigenvalue weighted by atomic mass is 9.89. The minimum absolute atomic E-state index is 0.0337. The number of piperidine rings is 1. The number of halogens is 3. The molecule has 0 aliphatic carbocycles. The summed E-state index contributed by atoms with van der Waals surface area (Å²) in [6.45, 7) is 5.88. The molecule has 0 radical (unpaired) electrons. The van der Waals surface area contributed by atoms with Gasteiger partial charge in [-0.3, -0.25) is 14.4 Å². The number of hydrogen-bond acceptors (Lipinski definition) is 4. The van der Waals surface area contributed by atoms with Gasteiger partial charge in [-0.2, -0.15) is 18.3 Å². The standard InChI is InChI=1S/C26H27F3N4O2/c1-2-11-33-23-6-4-3-5-22(23)24(31-33)25(34)30-19-12-20-15-35-16-21(13-19)32(20)14-17-7-9-18(10-8-17)26(27,28)29/h2-10,19-21H,1,11-16H2,(H,30,34). The van der Waals surface area contributed by atoms with Gasteiger partial charge < -0.3 is 10.1 Å². The number of nitrogens with zero attached hydrogens (tertiary/aromatic N) is 3. The second kappa shape index (κ2) is 9.47. The van der Waals surface area contributed by atoms with E-state index in [9.17, 15) is 18.0 Å². The maximum Gasteiger partial charge on any atom is 0.416 e. The molecule has 2 saturated heterocycles. The van der Waals surface area contributed by atoms with Gasteiger partial charge in [0.2, 0.25) is 0 Å². The average Bonchev–Trinajstić information content (AvgIpc) is 3.18. The first-order valence-electron chi connectivity index (χ1n) is 11.7. The van der Waals surface area contributed by atoms with E-state index >= 15 is 0 Å². The number of amides is 1. The second-order valence-corrected chi connectivity index (χ2v) is 9.19. The van der Waals surface area contributed by atoms with E-state index in [1.54, 1.807) is 10.8 Å². The molecule has 2 aliphatic heterocycles. The van der Waals surface area contributed by atoms with Gasteiger partial charge in [-0.05, 0) is 36.6 Å². The molecule has 2 aromatic carbocycles. The molecule has 2 bridgehead atoms. The van der Waals surface area contributed by atoms with Crippen LogP contribution in [0.3, 0.4) is 0 Å². The fraction of sp³-hybridized carbons (Fsp3) is 0.385. The van der Waals surface area contributed by atoms with Crippen LogP contribution in [-0.4, -0.2) is 51.9 Å². The van der Waals surface area contributed by atoms with Gasteiger partial charge in [0.05, 0.1) is 30.8 Å². The zero-order valence-corrected chi connectivity index (χ0v) is 19.2. The lowest BCUT2D eigenvalue weighted by Gasteiger charge is -2.48. The van der Waals surface area contributed by atoms with Gasteiger partial charge in [-0.25, -0.2) is 0 Å². The Labute approximate surface area is 201 Å². The van der Waals surface area contributed by atoms with Crippen LogP contribution in [0, 0.1) is 0 Å². The molecule has 9 heteroatoms. The molecule has 184 valence electrons. The molecule has 0 spiro atoms. The summed E-state index contributed by atoms with van der Waals surface area (Å²) in [5.74, 6) is -0.204. The van der Waals surface area contributed by atoms with Crippen LogP contribution in [-0.2, 0) is 24.0 Å². The fourth-order valence-electron chi connectivity index (χ4n) is 5.19. The summed E-state index contributed by atoms with van der Waals surface area (Å²) >= 11 is 0. The quantitative estimate of drug-likeness (QED) is 0.527. The first-order valence-corrected chi connectivity index (χ1v) is 11.7. The Bertz CT molecular complexity index is 1210. The van der Waals surface area contributed by atoms with Crippen molar-refractivity contribution < 1.29 is 22.7 Å². The van der Waals surface area contributed by atoms with E-state index in [1.165, 1.54) is 12.1 Å². The van der Waals surface area contributed by atoms with Crippen LogP contribution in [0.5, 0.6) is 0 Å². The lowest BCUT2D eigenvalue weighted by Crippen LogP contribution is -2.60. The zero-order valence-electron chi connectivity index (χ0n) is 19.2. The number of benzene rings is 2. The van der Waals surface area contributed by atoms with Crippen molar-refractivity contribution >= 4 is 16.8 Å². The number of carbonyl (C=O) groups excluding carboxylic acids is 1. The van der Waals surface area contributed by atoms with E-state index < -0.39 is 11.7 Å². The number of allylic oxidation sites excluding steroid dienone is 1. The van der Waals surface area contributed by atoms with E-state index in [0.29, 0.717) is 44.8 Å². The van der Waals surface area contributed by atoms with Crippen molar-refractivity contribution in [3.8, 4) is 0 Å². The average molecular weight is 485 g/mol. The number of alkyl halides is 3. The number of morpholine rings is 1. The van der Waals surface area contributed by atoms with E-state index in [2.05, 4.69) is 21.9 Å². The SMILES string of the molecule is C=CCn1nc(C(=O)NC2CC3COCC(C2)N3Cc2ccc(C(F)(F)F)cc2)c2ccccc21. The predicted molar refractivity (Wildman–Crippen MR) is 126 cm³/mol. The lowest BCUT2D eigenvalue weighted by molar-refractivity contribution is -0.137. The number of hydrogen-bond donors (Lipinski definition) is 1. The normalized spacial score (nSPS) is 22.8. The molecule has 0 saturated carbocycles. The highest BCUT2D eigenvalue weighted by molar-refractivity contribution is 6.05. The van der Waals surface area contributed by atoms with Crippen molar-refractivity contribution in [1.82, 2.24) is 20.0 Å². The number of fused-ring (bicyclic) bond motifs is 3. The van der Waals surface area contributed by atoms with E-state index in [4.69, 9.17) is 4.74 Å². The van der Waals surface area contributed by atoms with Gasteiger partial charge in [0, 0.05) is 30.1 Å². The van der Waals surface area contributed by atoms with Crippen molar-refractivity contribution in [1.29, 1.82) is 0 Å². The first kappa shape index (κ1) is 23.6. The molecular formula is C26H27F3N4O2. The summed E-state index contributed by atoms with van der Waals surface area (Å²) in [5, 5.41) is 8.50. The highest BCUT2D eigenvalue weighted by Crippen LogP contribution is 2.32. The van der Waals surface area contributed by atoms with E-state index in [0.717, 1.165) is 28.6 Å². The van der Waals surface area contributed by atoms with Gasteiger partial charge in [-0.15, -0.1) is 6.58 Å². The number of ether oxygens (including phenoxy) is 1. The summed E-state index contributed by atoms with van der Waals surface area (Å²) < 4.78 is 46.2. The highest BCUT2D eigenvalue weighted by atomic mass is 19.4. The third-order valence-corrected chi connectivity index (χ3v) is 6.83. The summed E-state index contributed by atoms with van der Waals surface area (Å²) in [7, 11) is 0. The van der Waals surface area contributed by atoms with Crippen molar-refractivity contribution in [2.75, 3.05) is 13.2 Å². The molecule has 3 aromatic rings. The molecule has 1 aromatic heterocycles. The van der Waals surface area contributed by atoms with Crippen LogP contribution in [0.15, 0.2) is 61.2 Å². The summed E-state index contributed by atoms with van der Waals surface area (Å²) in [6.07, 6.45) is -1.19. The number of carbonyl (C=O) groups is 1. The molecule has 2 aliphatic rings. The van der Waals surface area contributed by atoms with Gasteiger partial charge in [-0.1, -0.05) is 36.4 Å². The number of rotatable bonds is 6. The molecular weight excluding hydrogens is 457 g/mol. The smallest absolute Gasteiger partial charge is 0.378 e.